The summed E-state index contributed by atoms with van der Waals surface area (Å²) in [5.74, 6) is 1.15. The summed E-state index contributed by atoms with van der Waals surface area (Å²) in [6.45, 7) is 6.29. The number of nitrogens with zero attached hydrogens (tertiary/aromatic N) is 1. The highest BCUT2D eigenvalue weighted by Crippen LogP contribution is 2.17. The van der Waals surface area contributed by atoms with E-state index in [1.807, 2.05) is 6.92 Å². The number of likely N-dealkylation sites (tertiary alicyclic amines) is 1. The van der Waals surface area contributed by atoms with Crippen molar-refractivity contribution in [2.45, 2.75) is 39.0 Å². The third-order valence-corrected chi connectivity index (χ3v) is 3.43. The van der Waals surface area contributed by atoms with Crippen molar-refractivity contribution in [2.24, 2.45) is 5.92 Å². The molecule has 1 fully saturated rings. The van der Waals surface area contributed by atoms with E-state index in [0.29, 0.717) is 12.2 Å². The van der Waals surface area contributed by atoms with Gasteiger partial charge >= 0.3 is 0 Å². The quantitative estimate of drug-likeness (QED) is 0.667. The predicted molar refractivity (Wildman–Crippen MR) is 65.6 cm³/mol. The van der Waals surface area contributed by atoms with E-state index in [4.69, 9.17) is 4.74 Å². The first-order valence-corrected chi connectivity index (χ1v) is 6.49. The lowest BCUT2D eigenvalue weighted by Gasteiger charge is -2.31. The third-order valence-electron chi connectivity index (χ3n) is 3.43. The van der Waals surface area contributed by atoms with Crippen molar-refractivity contribution in [2.75, 3.05) is 33.4 Å². The summed E-state index contributed by atoms with van der Waals surface area (Å²) >= 11 is 0. The zero-order chi connectivity index (χ0) is 11.8. The van der Waals surface area contributed by atoms with Gasteiger partial charge in [-0.3, -0.25) is 4.79 Å². The molecular formula is C13H25NO2. The molecule has 16 heavy (non-hydrogen) atoms. The Morgan fingerprint density at radius 2 is 2.06 bits per heavy atom. The Morgan fingerprint density at radius 3 is 2.62 bits per heavy atom. The average molecular weight is 227 g/mol. The van der Waals surface area contributed by atoms with Crippen molar-refractivity contribution in [1.82, 2.24) is 4.90 Å². The predicted octanol–water partition coefficient (Wildman–Crippen LogP) is 2.10. The van der Waals surface area contributed by atoms with Gasteiger partial charge in [0.05, 0.1) is 0 Å². The summed E-state index contributed by atoms with van der Waals surface area (Å²) in [7, 11) is 1.78. The molecule has 1 saturated heterocycles. The molecule has 1 aliphatic heterocycles. The number of rotatable bonds is 7. The van der Waals surface area contributed by atoms with E-state index in [2.05, 4.69) is 4.90 Å². The zero-order valence-corrected chi connectivity index (χ0v) is 10.7. The minimum absolute atomic E-state index is 0.397. The third kappa shape index (κ3) is 5.08. The summed E-state index contributed by atoms with van der Waals surface area (Å²) in [4.78, 5) is 13.6. The molecule has 1 aliphatic rings. The first kappa shape index (κ1) is 13.7. The van der Waals surface area contributed by atoms with Gasteiger partial charge in [0.2, 0.25) is 0 Å². The molecule has 0 aromatic rings. The van der Waals surface area contributed by atoms with E-state index in [9.17, 15) is 4.79 Å². The molecule has 0 radical (unpaired) electrons. The van der Waals surface area contributed by atoms with Gasteiger partial charge in [-0.15, -0.1) is 0 Å². The van der Waals surface area contributed by atoms with Crippen molar-refractivity contribution in [1.29, 1.82) is 0 Å². The first-order chi connectivity index (χ1) is 7.76. The molecule has 0 aromatic carbocycles. The number of ketones is 1. The van der Waals surface area contributed by atoms with Crippen LogP contribution < -0.4 is 0 Å². The highest BCUT2D eigenvalue weighted by atomic mass is 16.5. The molecule has 0 unspecified atom stereocenters. The van der Waals surface area contributed by atoms with Crippen molar-refractivity contribution in [3.05, 3.63) is 0 Å². The second-order valence-electron chi connectivity index (χ2n) is 4.74. The molecule has 0 bridgehead atoms. The Kier molecular flexibility index (Phi) is 6.65. The van der Waals surface area contributed by atoms with Gasteiger partial charge in [0.15, 0.2) is 0 Å². The second-order valence-corrected chi connectivity index (χ2v) is 4.74. The van der Waals surface area contributed by atoms with Gasteiger partial charge in [0, 0.05) is 26.6 Å². The lowest BCUT2D eigenvalue weighted by molar-refractivity contribution is -0.118. The molecule has 1 rings (SSSR count). The van der Waals surface area contributed by atoms with Gasteiger partial charge in [-0.25, -0.2) is 0 Å². The van der Waals surface area contributed by atoms with E-state index in [1.165, 1.54) is 25.9 Å². The maximum absolute atomic E-state index is 11.2. The van der Waals surface area contributed by atoms with Crippen molar-refractivity contribution in [3.8, 4) is 0 Å². The summed E-state index contributed by atoms with van der Waals surface area (Å²) in [5, 5.41) is 0. The fraction of sp³-hybridized carbons (Fsp3) is 0.923. The van der Waals surface area contributed by atoms with Gasteiger partial charge < -0.3 is 9.64 Å². The molecule has 0 N–H and O–H groups in total. The Balaban J connectivity index is 2.06. The van der Waals surface area contributed by atoms with Crippen LogP contribution in [0.2, 0.25) is 0 Å². The number of methoxy groups -OCH3 is 1. The van der Waals surface area contributed by atoms with Crippen molar-refractivity contribution in [3.63, 3.8) is 0 Å². The van der Waals surface area contributed by atoms with Gasteiger partial charge in [-0.1, -0.05) is 6.92 Å². The van der Waals surface area contributed by atoms with E-state index in [-0.39, 0.29) is 0 Å². The molecule has 0 aromatic heterocycles. The number of piperidine rings is 1. The van der Waals surface area contributed by atoms with Crippen LogP contribution in [0.4, 0.5) is 0 Å². The number of hydrogen-bond donors (Lipinski definition) is 0. The Bertz CT molecular complexity index is 198. The highest BCUT2D eigenvalue weighted by Gasteiger charge is 2.18. The number of Topliss-reactive ketones (excluding diaryl/α,β-unsaturated/α-hetero) is 1. The van der Waals surface area contributed by atoms with Crippen LogP contribution in [0.1, 0.15) is 39.0 Å². The molecule has 3 heteroatoms. The highest BCUT2D eigenvalue weighted by molar-refractivity contribution is 5.77. The fourth-order valence-corrected chi connectivity index (χ4v) is 2.29. The maximum Gasteiger partial charge on any atom is 0.132 e. The largest absolute Gasteiger partial charge is 0.384 e. The monoisotopic (exact) mass is 227 g/mol. The maximum atomic E-state index is 11.2. The van der Waals surface area contributed by atoms with Crippen LogP contribution in [-0.2, 0) is 9.53 Å². The molecule has 94 valence electrons. The molecule has 0 aliphatic carbocycles. The topological polar surface area (TPSA) is 29.5 Å². The minimum Gasteiger partial charge on any atom is -0.384 e. The Labute approximate surface area is 99.1 Å². The van der Waals surface area contributed by atoms with Crippen LogP contribution in [0.3, 0.4) is 0 Å². The normalized spacial score (nSPS) is 18.9. The molecule has 0 atom stereocenters. The minimum atomic E-state index is 0.397. The van der Waals surface area contributed by atoms with Crippen LogP contribution in [0.15, 0.2) is 0 Å². The number of ether oxygens (including phenoxy) is 1. The molecule has 1 heterocycles. The fourth-order valence-electron chi connectivity index (χ4n) is 2.29. The summed E-state index contributed by atoms with van der Waals surface area (Å²) in [5.41, 5.74) is 0. The van der Waals surface area contributed by atoms with E-state index in [0.717, 1.165) is 31.9 Å². The second kappa shape index (κ2) is 7.80. The number of hydrogen-bond acceptors (Lipinski definition) is 3. The molecule has 3 nitrogen and oxygen atoms in total. The van der Waals surface area contributed by atoms with Crippen LogP contribution >= 0.6 is 0 Å². The lowest BCUT2D eigenvalue weighted by Crippen LogP contribution is -2.35. The number of carbonyl (C=O) groups is 1. The van der Waals surface area contributed by atoms with Crippen LogP contribution in [0.5, 0.6) is 0 Å². The Hall–Kier alpha value is -0.410. The summed E-state index contributed by atoms with van der Waals surface area (Å²) in [6, 6.07) is 0. The van der Waals surface area contributed by atoms with Gasteiger partial charge in [-0.05, 0) is 44.8 Å². The van der Waals surface area contributed by atoms with E-state index in [1.54, 1.807) is 7.11 Å². The lowest BCUT2D eigenvalue weighted by atomic mass is 9.97. The first-order valence-electron chi connectivity index (χ1n) is 6.49. The van der Waals surface area contributed by atoms with Crippen LogP contribution in [-0.4, -0.2) is 44.0 Å². The molecule has 0 saturated carbocycles. The van der Waals surface area contributed by atoms with Crippen molar-refractivity contribution >= 4 is 5.78 Å². The van der Waals surface area contributed by atoms with Gasteiger partial charge in [0.1, 0.15) is 5.78 Å². The Morgan fingerprint density at radius 1 is 1.38 bits per heavy atom. The standard InChI is InChI=1S/C13H25NO2/c1-3-13(15)5-4-8-14-9-6-12(7-10-14)11-16-2/h12H,3-11H2,1-2H3. The van der Waals surface area contributed by atoms with Crippen molar-refractivity contribution < 1.29 is 9.53 Å². The summed E-state index contributed by atoms with van der Waals surface area (Å²) in [6.07, 6.45) is 4.97. The van der Waals surface area contributed by atoms with Gasteiger partial charge in [0.25, 0.3) is 0 Å². The van der Waals surface area contributed by atoms with E-state index >= 15 is 0 Å². The van der Waals surface area contributed by atoms with Gasteiger partial charge in [-0.2, -0.15) is 0 Å². The summed E-state index contributed by atoms with van der Waals surface area (Å²) < 4.78 is 5.18. The number of carbonyl (C=O) groups excluding carboxylic acids is 1. The SMILES string of the molecule is CCC(=O)CCCN1CCC(COC)CC1. The molecule has 0 spiro atoms. The zero-order valence-electron chi connectivity index (χ0n) is 10.7. The smallest absolute Gasteiger partial charge is 0.132 e. The average Bonchev–Trinajstić information content (AvgIpc) is 2.31. The molecule has 0 amide bonds. The van der Waals surface area contributed by atoms with Crippen LogP contribution in [0, 0.1) is 5.92 Å². The molecular weight excluding hydrogens is 202 g/mol. The van der Waals surface area contributed by atoms with Crippen LogP contribution in [0.25, 0.3) is 0 Å². The van der Waals surface area contributed by atoms with E-state index < -0.39 is 0 Å².